The number of carbonyl (C=O) groups excluding carboxylic acids is 2. The van der Waals surface area contributed by atoms with Crippen LogP contribution in [0.3, 0.4) is 0 Å². The van der Waals surface area contributed by atoms with Gasteiger partial charge >= 0.3 is 145 Å². The van der Waals surface area contributed by atoms with Crippen molar-refractivity contribution in [2.45, 2.75) is 38.0 Å². The summed E-state index contributed by atoms with van der Waals surface area (Å²) in [6.45, 7) is 2.63. The summed E-state index contributed by atoms with van der Waals surface area (Å²) in [4.78, 5) is 27.9. The Bertz CT molecular complexity index is 1940. The number of carbonyl (C=O) groups is 2. The third-order valence-electron chi connectivity index (χ3n) is 9.07. The molecule has 14 heteroatoms. The first-order valence-corrected chi connectivity index (χ1v) is 18.2. The Morgan fingerprint density at radius 1 is 1.04 bits per heavy atom. The quantitative estimate of drug-likeness (QED) is 0.0943. The fourth-order valence-electron chi connectivity index (χ4n) is 6.39. The summed E-state index contributed by atoms with van der Waals surface area (Å²) in [5.41, 5.74) is 4.74. The van der Waals surface area contributed by atoms with Crippen molar-refractivity contribution in [1.29, 1.82) is 0 Å². The Morgan fingerprint density at radius 3 is 2.57 bits per heavy atom. The first kappa shape index (κ1) is 38.1. The van der Waals surface area contributed by atoms with Gasteiger partial charge in [-0.05, 0) is 24.5 Å². The number of halogens is 1. The number of hydrogen-bond acceptors (Lipinski definition) is 10. The number of benzene rings is 4. The molecule has 0 unspecified atom stereocenters. The van der Waals surface area contributed by atoms with E-state index in [9.17, 15) is 19.8 Å². The van der Waals surface area contributed by atoms with Gasteiger partial charge in [-0.2, -0.15) is 0 Å². The SMILES string of the molecule is COc1cc(NC(=O)CCN2CCC(OC(=O)Nc3ccccc3-c3ccccc3)CC2)c(Cl)cc1CNC[C@H](O)c1cc(O)cc2c1OC[C](=[Co])N2. The van der Waals surface area contributed by atoms with Gasteiger partial charge in [-0.3, -0.25) is 10.1 Å². The number of piperidine rings is 1. The Hall–Kier alpha value is -4.63. The van der Waals surface area contributed by atoms with E-state index in [0.29, 0.717) is 82.7 Å². The Morgan fingerprint density at radius 2 is 1.79 bits per heavy atom. The van der Waals surface area contributed by atoms with Gasteiger partial charge in [-0.15, -0.1) is 0 Å². The molecule has 1 saturated heterocycles. The molecule has 281 valence electrons. The van der Waals surface area contributed by atoms with Crippen LogP contribution in [0.2, 0.25) is 5.02 Å². The van der Waals surface area contributed by atoms with Crippen molar-refractivity contribution < 1.29 is 49.3 Å². The summed E-state index contributed by atoms with van der Waals surface area (Å²) in [5, 5.41) is 33.5. The first-order chi connectivity index (χ1) is 25.7. The number of nitrogens with zero attached hydrogens (tertiary/aromatic N) is 1. The summed E-state index contributed by atoms with van der Waals surface area (Å²) in [5.74, 6) is 0.765. The van der Waals surface area contributed by atoms with Gasteiger partial charge in [0.1, 0.15) is 6.10 Å². The number of anilines is 3. The molecule has 53 heavy (non-hydrogen) atoms. The zero-order valence-corrected chi connectivity index (χ0v) is 30.9. The minimum atomic E-state index is -0.982. The van der Waals surface area contributed by atoms with E-state index < -0.39 is 12.2 Å². The number of amides is 2. The van der Waals surface area contributed by atoms with Crippen molar-refractivity contribution in [3.8, 4) is 28.4 Å². The molecule has 0 saturated carbocycles. The molecule has 4 aromatic rings. The molecular formula is C39H42ClCoN5O7. The molecule has 2 amide bonds. The third-order valence-corrected chi connectivity index (χ3v) is 9.67. The van der Waals surface area contributed by atoms with E-state index in [4.69, 9.17) is 25.8 Å². The van der Waals surface area contributed by atoms with Gasteiger partial charge in [-0.25, -0.2) is 4.79 Å². The summed E-state index contributed by atoms with van der Waals surface area (Å²) in [7, 11) is 1.53. The van der Waals surface area contributed by atoms with E-state index in [1.807, 2.05) is 54.6 Å². The zero-order valence-electron chi connectivity index (χ0n) is 29.1. The minimum absolute atomic E-state index is 0.0138. The van der Waals surface area contributed by atoms with Crippen molar-refractivity contribution in [2.24, 2.45) is 0 Å². The number of phenols is 1. The Balaban J connectivity index is 0.938. The van der Waals surface area contributed by atoms with E-state index in [2.05, 4.69) is 41.5 Å². The van der Waals surface area contributed by atoms with Crippen LogP contribution in [0.4, 0.5) is 21.9 Å². The number of rotatable bonds is 13. The third kappa shape index (κ3) is 10.1. The van der Waals surface area contributed by atoms with Crippen molar-refractivity contribution in [1.82, 2.24) is 10.2 Å². The molecule has 0 spiro atoms. The number of aliphatic hydroxyl groups excluding tert-OH is 1. The Kier molecular flexibility index (Phi) is 12.9. The monoisotopic (exact) mass is 786 g/mol. The molecule has 0 aromatic heterocycles. The van der Waals surface area contributed by atoms with Crippen molar-refractivity contribution in [3.63, 3.8) is 0 Å². The van der Waals surface area contributed by atoms with Gasteiger partial charge in [0.25, 0.3) is 0 Å². The summed E-state index contributed by atoms with van der Waals surface area (Å²) >= 11 is 10.9. The predicted molar refractivity (Wildman–Crippen MR) is 202 cm³/mol. The van der Waals surface area contributed by atoms with Crippen LogP contribution in [0.5, 0.6) is 17.2 Å². The van der Waals surface area contributed by atoms with Crippen LogP contribution in [0.1, 0.15) is 36.5 Å². The van der Waals surface area contributed by atoms with Crippen LogP contribution in [0.15, 0.2) is 78.9 Å². The number of phenolic OH excluding ortho intramolecular Hbond substituents is 1. The van der Waals surface area contributed by atoms with E-state index in [1.165, 1.54) is 19.2 Å². The van der Waals surface area contributed by atoms with Crippen LogP contribution in [0, 0.1) is 0 Å². The van der Waals surface area contributed by atoms with Gasteiger partial charge in [0.2, 0.25) is 5.91 Å². The molecular weight excluding hydrogens is 745 g/mol. The number of aromatic hydroxyl groups is 1. The summed E-state index contributed by atoms with van der Waals surface area (Å²) in [6.07, 6.45) is -0.0834. The maximum absolute atomic E-state index is 12.9. The molecule has 6 rings (SSSR count). The van der Waals surface area contributed by atoms with E-state index >= 15 is 0 Å². The fourth-order valence-corrected chi connectivity index (χ4v) is 6.84. The Labute approximate surface area is 320 Å². The topological polar surface area (TPSA) is 154 Å². The molecule has 1 atom stereocenters. The van der Waals surface area contributed by atoms with Crippen LogP contribution in [0.25, 0.3) is 11.1 Å². The molecule has 2 aliphatic rings. The molecule has 0 radical (unpaired) electrons. The van der Waals surface area contributed by atoms with Gasteiger partial charge in [0.05, 0.1) is 18.5 Å². The summed E-state index contributed by atoms with van der Waals surface area (Å²) in [6, 6.07) is 23.9. The van der Waals surface area contributed by atoms with Crippen molar-refractivity contribution in [3.05, 3.63) is 95.0 Å². The van der Waals surface area contributed by atoms with Crippen LogP contribution < -0.4 is 30.7 Å². The van der Waals surface area contributed by atoms with Crippen molar-refractivity contribution >= 4 is 45.2 Å². The first-order valence-electron chi connectivity index (χ1n) is 17.3. The number of ether oxygens (including phenoxy) is 3. The molecule has 2 heterocycles. The van der Waals surface area contributed by atoms with E-state index in [1.54, 1.807) is 12.1 Å². The molecule has 1 fully saturated rings. The molecule has 0 bridgehead atoms. The van der Waals surface area contributed by atoms with Gasteiger partial charge in [-0.1, -0.05) is 60.1 Å². The average molecular weight is 787 g/mol. The van der Waals surface area contributed by atoms with Crippen LogP contribution in [-0.4, -0.2) is 77.7 Å². The molecule has 4 aromatic carbocycles. The second-order valence-electron chi connectivity index (χ2n) is 12.8. The zero-order chi connectivity index (χ0) is 37.3. The number of nitrogens with one attached hydrogen (secondary N) is 4. The van der Waals surface area contributed by atoms with Gasteiger partial charge in [0, 0.05) is 31.6 Å². The second-order valence-corrected chi connectivity index (χ2v) is 13.8. The number of fused-ring (bicyclic) bond motifs is 1. The molecule has 6 N–H and O–H groups in total. The maximum atomic E-state index is 12.9. The average Bonchev–Trinajstić information content (AvgIpc) is 3.15. The van der Waals surface area contributed by atoms with Gasteiger partial charge < -0.3 is 15.0 Å². The second kappa shape index (κ2) is 17.9. The normalized spacial score (nSPS) is 15.1. The van der Waals surface area contributed by atoms with E-state index in [-0.39, 0.29) is 37.3 Å². The molecule has 2 aliphatic heterocycles. The molecule has 12 nitrogen and oxygen atoms in total. The number of aliphatic hydroxyl groups is 1. The van der Waals surface area contributed by atoms with Crippen LogP contribution in [-0.2, 0) is 31.4 Å². The predicted octanol–water partition coefficient (Wildman–Crippen LogP) is 6.07. The van der Waals surface area contributed by atoms with Crippen molar-refractivity contribution in [2.75, 3.05) is 55.8 Å². The standard InChI is InChI=1S/C39H42ClN5O7.Co/c1-50-36-22-33(31(40)19-26(36)23-41-24-35(47)30-20-27(46)21-34-38(30)51-18-14-42-34)43-37(48)13-17-45-15-11-28(12-16-45)52-39(49)44-32-10-6-5-9-29(32)25-7-3-2-4-8-25;/h2-10,19-22,28,35,41-42,46-47H,11-13,15-18,23-24H2,1H3,(H,43,48)(H,44,49);/t35-;/m0./s1. The fraction of sp³-hybridized carbons (Fsp3) is 0.308. The molecule has 0 aliphatic carbocycles. The van der Waals surface area contributed by atoms with Crippen LogP contribution >= 0.6 is 11.6 Å². The number of hydrogen-bond donors (Lipinski definition) is 6. The van der Waals surface area contributed by atoms with E-state index in [0.717, 1.165) is 16.7 Å². The number of methoxy groups -OCH3 is 1. The number of para-hydroxylation sites is 1. The summed E-state index contributed by atoms with van der Waals surface area (Å²) < 4.78 is 17.7. The number of likely N-dealkylation sites (tertiary alicyclic amines) is 1. The van der Waals surface area contributed by atoms with Gasteiger partial charge in [0.15, 0.2) is 0 Å².